The number of rotatable bonds is 12. The van der Waals surface area contributed by atoms with Crippen molar-refractivity contribution in [3.05, 3.63) is 29.8 Å². The number of methoxy groups -OCH3 is 1. The largest absolute Gasteiger partial charge is 0.468 e. The van der Waals surface area contributed by atoms with Crippen molar-refractivity contribution in [3.8, 4) is 0 Å². The van der Waals surface area contributed by atoms with E-state index in [-0.39, 0.29) is 18.4 Å². The van der Waals surface area contributed by atoms with Crippen molar-refractivity contribution in [1.82, 2.24) is 4.90 Å². The molecular weight excluding hydrogens is 400 g/mol. The number of carbonyl (C=O) groups excluding carboxylic acids is 2. The second-order valence-electron chi connectivity index (χ2n) is 9.72. The van der Waals surface area contributed by atoms with Gasteiger partial charge in [-0.2, -0.15) is 0 Å². The van der Waals surface area contributed by atoms with Crippen LogP contribution in [0.3, 0.4) is 0 Å². The van der Waals surface area contributed by atoms with Crippen molar-refractivity contribution in [3.63, 3.8) is 0 Å². The number of anilines is 1. The number of nitrogens with zero attached hydrogens (tertiary/aromatic N) is 2. The number of amides is 1. The molecule has 1 aromatic carbocycles. The minimum absolute atomic E-state index is 0.00529. The molecule has 1 spiro atoms. The number of likely N-dealkylation sites (tertiary alicyclic amines) is 1. The van der Waals surface area contributed by atoms with E-state index in [4.69, 9.17) is 4.74 Å². The van der Waals surface area contributed by atoms with E-state index in [9.17, 15) is 9.59 Å². The van der Waals surface area contributed by atoms with Crippen LogP contribution < -0.4 is 4.90 Å². The minimum atomic E-state index is -0.485. The maximum Gasteiger partial charge on any atom is 0.325 e. The molecule has 0 N–H and O–H groups in total. The van der Waals surface area contributed by atoms with Gasteiger partial charge in [-0.05, 0) is 56.3 Å². The van der Waals surface area contributed by atoms with E-state index >= 15 is 0 Å². The lowest BCUT2D eigenvalue weighted by molar-refractivity contribution is -0.140. The average molecular weight is 443 g/mol. The fourth-order valence-corrected chi connectivity index (χ4v) is 5.59. The number of carbonyl (C=O) groups is 2. The summed E-state index contributed by atoms with van der Waals surface area (Å²) in [7, 11) is 1.38. The Morgan fingerprint density at radius 3 is 2.41 bits per heavy atom. The van der Waals surface area contributed by atoms with Gasteiger partial charge < -0.3 is 14.5 Å². The molecule has 3 rings (SSSR count). The highest BCUT2D eigenvalue weighted by Crippen LogP contribution is 2.48. The zero-order valence-electron chi connectivity index (χ0n) is 20.4. The van der Waals surface area contributed by atoms with Crippen molar-refractivity contribution < 1.29 is 14.3 Å². The molecule has 1 unspecified atom stereocenters. The van der Waals surface area contributed by atoms with Gasteiger partial charge in [-0.25, -0.2) is 0 Å². The van der Waals surface area contributed by atoms with E-state index in [1.54, 1.807) is 4.90 Å². The van der Waals surface area contributed by atoms with E-state index in [1.807, 2.05) is 18.2 Å². The van der Waals surface area contributed by atoms with Gasteiger partial charge in [0.25, 0.3) is 0 Å². The van der Waals surface area contributed by atoms with Crippen LogP contribution in [0, 0.1) is 5.92 Å². The molecule has 2 aliphatic heterocycles. The lowest BCUT2D eigenvalue weighted by Crippen LogP contribution is -2.50. The van der Waals surface area contributed by atoms with Crippen LogP contribution in [-0.2, 0) is 19.7 Å². The molecule has 0 bridgehead atoms. The van der Waals surface area contributed by atoms with E-state index in [2.05, 4.69) is 24.8 Å². The summed E-state index contributed by atoms with van der Waals surface area (Å²) in [6, 6.07) is 8.01. The molecule has 1 fully saturated rings. The monoisotopic (exact) mass is 442 g/mol. The van der Waals surface area contributed by atoms with Crippen LogP contribution in [0.15, 0.2) is 24.3 Å². The molecule has 2 aliphatic rings. The Morgan fingerprint density at radius 1 is 1.03 bits per heavy atom. The lowest BCUT2D eigenvalue weighted by Gasteiger charge is -2.40. The summed E-state index contributed by atoms with van der Waals surface area (Å²) in [6.45, 7) is 7.60. The third-order valence-electron chi connectivity index (χ3n) is 7.54. The molecule has 1 aromatic rings. The minimum Gasteiger partial charge on any atom is -0.468 e. The molecule has 32 heavy (non-hydrogen) atoms. The van der Waals surface area contributed by atoms with Gasteiger partial charge in [0.1, 0.15) is 6.54 Å². The van der Waals surface area contributed by atoms with Gasteiger partial charge in [0.05, 0.1) is 12.5 Å². The summed E-state index contributed by atoms with van der Waals surface area (Å²) in [5.74, 6) is 0.471. The van der Waals surface area contributed by atoms with E-state index in [1.165, 1.54) is 58.5 Å². The number of ether oxygens (including phenoxy) is 1. The number of piperidine rings is 1. The molecule has 0 aromatic heterocycles. The van der Waals surface area contributed by atoms with Crippen molar-refractivity contribution in [2.75, 3.05) is 38.2 Å². The second kappa shape index (κ2) is 11.8. The third-order valence-corrected chi connectivity index (χ3v) is 7.54. The third kappa shape index (κ3) is 5.54. The summed E-state index contributed by atoms with van der Waals surface area (Å²) in [5, 5.41) is 0. The predicted octanol–water partition coefficient (Wildman–Crippen LogP) is 5.32. The van der Waals surface area contributed by atoms with Crippen LogP contribution in [0.5, 0.6) is 0 Å². The number of hydrogen-bond donors (Lipinski definition) is 0. The Labute approximate surface area is 194 Å². The highest BCUT2D eigenvalue weighted by atomic mass is 16.5. The number of esters is 1. The van der Waals surface area contributed by atoms with Crippen molar-refractivity contribution in [2.24, 2.45) is 5.92 Å². The van der Waals surface area contributed by atoms with Crippen LogP contribution in [-0.4, -0.2) is 50.1 Å². The van der Waals surface area contributed by atoms with Crippen LogP contribution >= 0.6 is 0 Å². The summed E-state index contributed by atoms with van der Waals surface area (Å²) < 4.78 is 4.85. The maximum absolute atomic E-state index is 13.6. The Hall–Kier alpha value is -1.88. The van der Waals surface area contributed by atoms with Gasteiger partial charge in [0.15, 0.2) is 0 Å². The smallest absolute Gasteiger partial charge is 0.325 e. The summed E-state index contributed by atoms with van der Waals surface area (Å²) in [6.07, 6.45) is 12.2. The number of unbranched alkanes of at least 4 members (excludes halogenated alkanes) is 4. The predicted molar refractivity (Wildman–Crippen MR) is 130 cm³/mol. The van der Waals surface area contributed by atoms with E-state index in [0.29, 0.717) is 0 Å². The Balaban J connectivity index is 1.65. The zero-order valence-corrected chi connectivity index (χ0v) is 20.4. The Morgan fingerprint density at radius 2 is 1.72 bits per heavy atom. The molecule has 178 valence electrons. The second-order valence-corrected chi connectivity index (χ2v) is 9.72. The maximum atomic E-state index is 13.6. The molecule has 0 aliphatic carbocycles. The first-order valence-electron chi connectivity index (χ1n) is 12.8. The molecule has 0 saturated carbocycles. The van der Waals surface area contributed by atoms with E-state index in [0.717, 1.165) is 49.6 Å². The lowest BCUT2D eigenvalue weighted by atomic mass is 9.73. The van der Waals surface area contributed by atoms with E-state index < -0.39 is 5.41 Å². The van der Waals surface area contributed by atoms with Crippen LogP contribution in [0.4, 0.5) is 5.69 Å². The first kappa shape index (κ1) is 24.8. The first-order chi connectivity index (χ1) is 15.6. The van der Waals surface area contributed by atoms with Crippen LogP contribution in [0.2, 0.25) is 0 Å². The molecule has 2 heterocycles. The molecular formula is C27H42N2O3. The molecule has 1 amide bonds. The molecule has 5 nitrogen and oxygen atoms in total. The van der Waals surface area contributed by atoms with Crippen LogP contribution in [0.25, 0.3) is 0 Å². The van der Waals surface area contributed by atoms with Gasteiger partial charge in [0.2, 0.25) is 5.91 Å². The topological polar surface area (TPSA) is 49.9 Å². The summed E-state index contributed by atoms with van der Waals surface area (Å²) in [4.78, 5) is 29.8. The molecule has 1 atom stereocenters. The fraction of sp³-hybridized carbons (Fsp3) is 0.704. The van der Waals surface area contributed by atoms with Gasteiger partial charge >= 0.3 is 5.97 Å². The van der Waals surface area contributed by atoms with Crippen molar-refractivity contribution in [1.29, 1.82) is 0 Å². The number of hydrogen-bond acceptors (Lipinski definition) is 4. The zero-order chi connectivity index (χ0) is 23.0. The van der Waals surface area contributed by atoms with Gasteiger partial charge in [-0.15, -0.1) is 0 Å². The van der Waals surface area contributed by atoms with Crippen molar-refractivity contribution >= 4 is 17.6 Å². The summed E-state index contributed by atoms with van der Waals surface area (Å²) >= 11 is 0. The Bertz CT molecular complexity index is 755. The molecule has 5 heteroatoms. The quantitative estimate of drug-likeness (QED) is 0.325. The van der Waals surface area contributed by atoms with Crippen molar-refractivity contribution in [2.45, 2.75) is 83.5 Å². The average Bonchev–Trinajstić information content (AvgIpc) is 3.04. The number of para-hydroxylation sites is 1. The normalized spacial score (nSPS) is 18.7. The summed E-state index contributed by atoms with van der Waals surface area (Å²) in [5.41, 5.74) is 1.49. The fourth-order valence-electron chi connectivity index (χ4n) is 5.59. The molecule has 0 radical (unpaired) electrons. The van der Waals surface area contributed by atoms with Gasteiger partial charge in [-0.1, -0.05) is 70.6 Å². The standard InChI is InChI=1S/C27H42N2O3/c1-4-6-8-9-13-22(12-7-5-2)20-28-18-16-27(17-19-28)23-14-10-11-15-24(23)29(26(27)31)21-25(30)32-3/h10-11,14-15,22H,4-9,12-13,16-21H2,1-3H3. The van der Waals surface area contributed by atoms with Crippen LogP contribution in [0.1, 0.15) is 83.6 Å². The first-order valence-corrected chi connectivity index (χ1v) is 12.8. The van der Waals surface area contributed by atoms with Gasteiger partial charge in [-0.3, -0.25) is 9.59 Å². The molecule has 1 saturated heterocycles. The number of benzene rings is 1. The highest BCUT2D eigenvalue weighted by Gasteiger charge is 2.52. The highest BCUT2D eigenvalue weighted by molar-refractivity contribution is 6.10. The van der Waals surface area contributed by atoms with Gasteiger partial charge in [0, 0.05) is 12.2 Å². The Kier molecular flexibility index (Phi) is 9.15. The number of fused-ring (bicyclic) bond motifs is 2. The SMILES string of the molecule is CCCCCCC(CCCC)CN1CCC2(CC1)C(=O)N(CC(=O)OC)c1ccccc12.